The highest BCUT2D eigenvalue weighted by Crippen LogP contribution is 2.21. The van der Waals surface area contributed by atoms with E-state index in [1.165, 1.54) is 22.9 Å². The molecule has 0 aliphatic carbocycles. The Morgan fingerprint density at radius 1 is 1.14 bits per heavy atom. The van der Waals surface area contributed by atoms with Gasteiger partial charge in [-0.2, -0.15) is 0 Å². The van der Waals surface area contributed by atoms with Crippen LogP contribution in [0.4, 0.5) is 17.1 Å². The van der Waals surface area contributed by atoms with Gasteiger partial charge < -0.3 is 20.9 Å². The number of rotatable bonds is 7. The number of nitrogens with zero attached hydrogens (tertiary/aromatic N) is 3. The fraction of sp³-hybridized carbons (Fsp3) is 0.250. The van der Waals surface area contributed by atoms with E-state index in [1.54, 1.807) is 24.3 Å². The van der Waals surface area contributed by atoms with Crippen LogP contribution in [0.15, 0.2) is 47.6 Å². The number of benzene rings is 2. The van der Waals surface area contributed by atoms with Gasteiger partial charge in [0, 0.05) is 24.1 Å². The first-order chi connectivity index (χ1) is 13.4. The third kappa shape index (κ3) is 4.83. The summed E-state index contributed by atoms with van der Waals surface area (Å²) in [6.45, 7) is 4.71. The van der Waals surface area contributed by atoms with Crippen LogP contribution in [0.25, 0.3) is 0 Å². The molecule has 3 rings (SSSR count). The van der Waals surface area contributed by atoms with E-state index in [1.807, 2.05) is 17.7 Å². The molecule has 0 bridgehead atoms. The van der Waals surface area contributed by atoms with Crippen molar-refractivity contribution in [2.75, 3.05) is 22.1 Å². The first-order valence-corrected chi connectivity index (χ1v) is 9.89. The number of hydrogen-bond acceptors (Lipinski definition) is 6. The highest BCUT2D eigenvalue weighted by atomic mass is 32.2. The lowest BCUT2D eigenvalue weighted by atomic mass is 10.1. The molecule has 0 spiro atoms. The molecule has 7 nitrogen and oxygen atoms in total. The molecule has 0 radical (unpaired) electrons. The van der Waals surface area contributed by atoms with Gasteiger partial charge in [0.2, 0.25) is 5.91 Å². The monoisotopic (exact) mass is 396 g/mol. The Morgan fingerprint density at radius 3 is 2.57 bits per heavy atom. The minimum absolute atomic E-state index is 0.117. The zero-order valence-corrected chi connectivity index (χ0v) is 17.0. The lowest BCUT2D eigenvalue weighted by molar-refractivity contribution is -0.113. The minimum Gasteiger partial charge on any atom is -0.399 e. The number of carbonyl (C=O) groups excluding carboxylic acids is 1. The number of aromatic nitrogens is 3. The Hall–Kier alpha value is -3.00. The SMILES string of the molecule is Cc1cccc(C)c1NCc1nnc(SCC(=O)Nc2cccc(N)c2)n1C. The van der Waals surface area contributed by atoms with Gasteiger partial charge in [0.25, 0.3) is 0 Å². The van der Waals surface area contributed by atoms with Crippen molar-refractivity contribution in [2.45, 2.75) is 25.5 Å². The molecule has 2 aromatic carbocycles. The van der Waals surface area contributed by atoms with E-state index < -0.39 is 0 Å². The quantitative estimate of drug-likeness (QED) is 0.418. The summed E-state index contributed by atoms with van der Waals surface area (Å²) >= 11 is 1.35. The van der Waals surface area contributed by atoms with Crippen molar-refractivity contribution in [2.24, 2.45) is 7.05 Å². The largest absolute Gasteiger partial charge is 0.399 e. The fourth-order valence-corrected chi connectivity index (χ4v) is 3.56. The number of para-hydroxylation sites is 1. The third-order valence-electron chi connectivity index (χ3n) is 4.33. The normalized spacial score (nSPS) is 10.7. The number of carbonyl (C=O) groups is 1. The van der Waals surface area contributed by atoms with Crippen molar-refractivity contribution in [1.29, 1.82) is 0 Å². The van der Waals surface area contributed by atoms with Crippen molar-refractivity contribution in [3.05, 3.63) is 59.4 Å². The van der Waals surface area contributed by atoms with E-state index >= 15 is 0 Å². The van der Waals surface area contributed by atoms with E-state index in [2.05, 4.69) is 46.8 Å². The summed E-state index contributed by atoms with van der Waals surface area (Å²) in [5.41, 5.74) is 10.5. The van der Waals surface area contributed by atoms with E-state index in [9.17, 15) is 4.79 Å². The maximum atomic E-state index is 12.2. The average molecular weight is 397 g/mol. The van der Waals surface area contributed by atoms with Crippen LogP contribution < -0.4 is 16.4 Å². The minimum atomic E-state index is -0.117. The van der Waals surface area contributed by atoms with Gasteiger partial charge in [0.05, 0.1) is 12.3 Å². The molecule has 0 aliphatic rings. The number of aryl methyl sites for hydroxylation is 2. The van der Waals surface area contributed by atoms with Crippen molar-refractivity contribution in [1.82, 2.24) is 14.8 Å². The van der Waals surface area contributed by atoms with Gasteiger partial charge >= 0.3 is 0 Å². The summed E-state index contributed by atoms with van der Waals surface area (Å²) in [4.78, 5) is 12.2. The predicted molar refractivity (Wildman–Crippen MR) is 114 cm³/mol. The molecule has 0 fully saturated rings. The van der Waals surface area contributed by atoms with Crippen LogP contribution in [0.3, 0.4) is 0 Å². The summed E-state index contributed by atoms with van der Waals surface area (Å²) in [5.74, 6) is 0.931. The van der Waals surface area contributed by atoms with Crippen LogP contribution in [0, 0.1) is 13.8 Å². The average Bonchev–Trinajstić information content (AvgIpc) is 2.99. The molecule has 4 N–H and O–H groups in total. The molecule has 0 aliphatic heterocycles. The molecule has 0 saturated carbocycles. The Bertz CT molecular complexity index is 964. The second-order valence-electron chi connectivity index (χ2n) is 6.54. The summed E-state index contributed by atoms with van der Waals surface area (Å²) < 4.78 is 1.90. The molecule has 146 valence electrons. The Kier molecular flexibility index (Phi) is 6.20. The van der Waals surface area contributed by atoms with Gasteiger partial charge in [-0.05, 0) is 43.2 Å². The number of anilines is 3. The summed E-state index contributed by atoms with van der Waals surface area (Å²) in [7, 11) is 1.90. The summed E-state index contributed by atoms with van der Waals surface area (Å²) in [6.07, 6.45) is 0. The van der Waals surface area contributed by atoms with Gasteiger partial charge in [0.15, 0.2) is 11.0 Å². The lowest BCUT2D eigenvalue weighted by Gasteiger charge is -2.12. The first kappa shape index (κ1) is 19.8. The fourth-order valence-electron chi connectivity index (χ4n) is 2.83. The third-order valence-corrected chi connectivity index (χ3v) is 5.35. The van der Waals surface area contributed by atoms with Gasteiger partial charge in [-0.15, -0.1) is 10.2 Å². The van der Waals surface area contributed by atoms with Crippen molar-refractivity contribution < 1.29 is 4.79 Å². The molecule has 8 heteroatoms. The molecule has 1 aromatic heterocycles. The molecule has 1 amide bonds. The molecule has 3 aromatic rings. The lowest BCUT2D eigenvalue weighted by Crippen LogP contribution is -2.14. The summed E-state index contributed by atoms with van der Waals surface area (Å²) in [6, 6.07) is 13.3. The Balaban J connectivity index is 1.56. The number of hydrogen-bond donors (Lipinski definition) is 3. The van der Waals surface area contributed by atoms with Crippen molar-refractivity contribution >= 4 is 34.7 Å². The van der Waals surface area contributed by atoms with E-state index in [0.717, 1.165) is 11.5 Å². The van der Waals surface area contributed by atoms with Crippen molar-refractivity contribution in [3.8, 4) is 0 Å². The van der Waals surface area contributed by atoms with Crippen LogP contribution in [0.1, 0.15) is 17.0 Å². The molecule has 0 atom stereocenters. The Labute approximate surface area is 168 Å². The van der Waals surface area contributed by atoms with Gasteiger partial charge in [0.1, 0.15) is 0 Å². The second-order valence-corrected chi connectivity index (χ2v) is 7.48. The first-order valence-electron chi connectivity index (χ1n) is 8.90. The van der Waals surface area contributed by atoms with E-state index in [-0.39, 0.29) is 11.7 Å². The molecular weight excluding hydrogens is 372 g/mol. The maximum Gasteiger partial charge on any atom is 0.234 e. The number of amides is 1. The number of thioether (sulfide) groups is 1. The predicted octanol–water partition coefficient (Wildman–Crippen LogP) is 3.36. The molecular formula is C20H24N6OS. The molecule has 0 saturated heterocycles. The smallest absolute Gasteiger partial charge is 0.234 e. The van der Waals surface area contributed by atoms with E-state index in [0.29, 0.717) is 23.1 Å². The number of nitrogens with one attached hydrogen (secondary N) is 2. The molecule has 1 heterocycles. The van der Waals surface area contributed by atoms with Crippen molar-refractivity contribution in [3.63, 3.8) is 0 Å². The van der Waals surface area contributed by atoms with Gasteiger partial charge in [-0.1, -0.05) is 36.0 Å². The van der Waals surface area contributed by atoms with Gasteiger partial charge in [-0.3, -0.25) is 4.79 Å². The molecule has 0 unspecified atom stereocenters. The zero-order valence-electron chi connectivity index (χ0n) is 16.2. The zero-order chi connectivity index (χ0) is 20.1. The van der Waals surface area contributed by atoms with Gasteiger partial charge in [-0.25, -0.2) is 0 Å². The van der Waals surface area contributed by atoms with Crippen LogP contribution in [-0.2, 0) is 18.4 Å². The highest BCUT2D eigenvalue weighted by Gasteiger charge is 2.12. The summed E-state index contributed by atoms with van der Waals surface area (Å²) in [5, 5.41) is 15.4. The van der Waals surface area contributed by atoms with Crippen LogP contribution in [-0.4, -0.2) is 26.4 Å². The van der Waals surface area contributed by atoms with Crippen LogP contribution in [0.5, 0.6) is 0 Å². The number of nitrogens with two attached hydrogens (primary N) is 1. The van der Waals surface area contributed by atoms with Crippen LogP contribution in [0.2, 0.25) is 0 Å². The molecule has 28 heavy (non-hydrogen) atoms. The standard InChI is InChI=1S/C20H24N6OS/c1-13-6-4-7-14(2)19(13)22-11-17-24-25-20(26(17)3)28-12-18(27)23-16-9-5-8-15(21)10-16/h4-10,22H,11-12,21H2,1-3H3,(H,23,27). The topological polar surface area (TPSA) is 97.9 Å². The van der Waals surface area contributed by atoms with Crippen LogP contribution >= 0.6 is 11.8 Å². The maximum absolute atomic E-state index is 12.2. The highest BCUT2D eigenvalue weighted by molar-refractivity contribution is 7.99. The Morgan fingerprint density at radius 2 is 1.86 bits per heavy atom. The van der Waals surface area contributed by atoms with E-state index in [4.69, 9.17) is 5.73 Å². The second kappa shape index (κ2) is 8.79. The number of nitrogen functional groups attached to an aromatic ring is 1.